The van der Waals surface area contributed by atoms with Crippen molar-refractivity contribution in [3.05, 3.63) is 109 Å². The Bertz CT molecular complexity index is 2250. The van der Waals surface area contributed by atoms with Crippen molar-refractivity contribution in [3.63, 3.8) is 0 Å². The Balaban J connectivity index is 5.43. The molecule has 0 aromatic rings. The standard InChI is InChI=1S/C77H132O17P2/c1-5-9-13-17-21-25-29-33-35-39-42-46-50-54-58-62-75(80)88-68-73(94-77(82)64-60-56-52-48-44-40-36-34-30-26-22-18-14-10-6-2)70-92-96(85,86)90-66-71(78)65-89-95(83,84)91-69-72(93-76(81)63-59-55-51-47-43-38-32-28-24-20-16-12-8-4)67-87-74(79)61-57-53-49-45-41-37-31-27-23-19-15-11-7-3/h9,13,15,19,21,25,27-28,31-36,42,46,54,58,71-73,78H,5-8,10-12,14,16-18,20,22-24,26,29-30,37-41,43-45,47-53,55-57,59-70H2,1-4H3,(H,83,84)(H,85,86)/b13-9-,19-15-,25-21-,31-27-,32-28-,35-33-,36-34-,46-42-,58-54-. The van der Waals surface area contributed by atoms with Gasteiger partial charge in [0.15, 0.2) is 12.2 Å². The monoisotopic (exact) mass is 1390 g/mol. The van der Waals surface area contributed by atoms with Crippen molar-refractivity contribution in [3.8, 4) is 0 Å². The van der Waals surface area contributed by atoms with Gasteiger partial charge in [-0.1, -0.05) is 253 Å². The zero-order valence-electron chi connectivity index (χ0n) is 60.0. The van der Waals surface area contributed by atoms with Crippen molar-refractivity contribution in [1.29, 1.82) is 0 Å². The minimum atomic E-state index is -4.99. The first-order valence-electron chi connectivity index (χ1n) is 37.1. The molecule has 0 aromatic carbocycles. The second-order valence-corrected chi connectivity index (χ2v) is 27.4. The first-order chi connectivity index (χ1) is 46.7. The summed E-state index contributed by atoms with van der Waals surface area (Å²) in [5.74, 6) is -2.35. The molecule has 3 N–H and O–H groups in total. The Kier molecular flexibility index (Phi) is 66.1. The molecule has 0 saturated carbocycles. The predicted octanol–water partition coefficient (Wildman–Crippen LogP) is 21.0. The third kappa shape index (κ3) is 68.3. The molecule has 0 bridgehead atoms. The topological polar surface area (TPSA) is 237 Å². The van der Waals surface area contributed by atoms with Crippen LogP contribution in [0.5, 0.6) is 0 Å². The number of unbranched alkanes of at least 4 members (excludes halogenated alkanes) is 26. The van der Waals surface area contributed by atoms with E-state index in [-0.39, 0.29) is 25.7 Å². The lowest BCUT2D eigenvalue weighted by Crippen LogP contribution is -2.30. The Morgan fingerprint density at radius 1 is 0.312 bits per heavy atom. The van der Waals surface area contributed by atoms with Crippen molar-refractivity contribution in [2.45, 2.75) is 316 Å². The van der Waals surface area contributed by atoms with Crippen LogP contribution in [0.3, 0.4) is 0 Å². The lowest BCUT2D eigenvalue weighted by molar-refractivity contribution is -0.161. The largest absolute Gasteiger partial charge is 0.472 e. The van der Waals surface area contributed by atoms with E-state index in [1.165, 1.54) is 64.2 Å². The van der Waals surface area contributed by atoms with Crippen molar-refractivity contribution < 1.29 is 80.2 Å². The highest BCUT2D eigenvalue weighted by molar-refractivity contribution is 7.47. The highest BCUT2D eigenvalue weighted by Crippen LogP contribution is 2.45. The van der Waals surface area contributed by atoms with Gasteiger partial charge >= 0.3 is 39.5 Å². The SMILES string of the molecule is CC/C=C\C/C=C\C/C=C\C/C=C\C/C=C\CC(=O)OCC(COP(=O)(O)OCC(O)COP(=O)(O)OCC(COC(=O)CCCCCCC/C=C\C/C=C\CCC)OC(=O)CCCCCCC/C=C\CCCCCC)OC(=O)CCCCCCC/C=C\CCCCCCCC. The molecule has 5 unspecified atom stereocenters. The summed E-state index contributed by atoms with van der Waals surface area (Å²) in [7, 11) is -9.98. The van der Waals surface area contributed by atoms with Crippen molar-refractivity contribution in [1.82, 2.24) is 0 Å². The Morgan fingerprint density at radius 2 is 0.604 bits per heavy atom. The number of rotatable bonds is 69. The Labute approximate surface area is 581 Å². The van der Waals surface area contributed by atoms with Crippen LogP contribution in [0.2, 0.25) is 0 Å². The van der Waals surface area contributed by atoms with Crippen molar-refractivity contribution in [2.24, 2.45) is 0 Å². The van der Waals surface area contributed by atoms with Crippen molar-refractivity contribution >= 4 is 39.5 Å². The number of phosphoric acid groups is 2. The fourth-order valence-electron chi connectivity index (χ4n) is 9.55. The summed E-state index contributed by atoms with van der Waals surface area (Å²) in [6.07, 6.45) is 72.6. The second kappa shape index (κ2) is 69.2. The van der Waals surface area contributed by atoms with Crippen LogP contribution < -0.4 is 0 Å². The highest BCUT2D eigenvalue weighted by atomic mass is 31.2. The molecular formula is C77H132O17P2. The van der Waals surface area contributed by atoms with Crippen LogP contribution in [-0.2, 0) is 65.4 Å². The summed E-state index contributed by atoms with van der Waals surface area (Å²) in [6.45, 7) is 4.52. The van der Waals surface area contributed by atoms with Gasteiger partial charge in [-0.05, 0) is 128 Å². The van der Waals surface area contributed by atoms with Gasteiger partial charge in [-0.25, -0.2) is 9.13 Å². The Morgan fingerprint density at radius 3 is 0.990 bits per heavy atom. The van der Waals surface area contributed by atoms with Gasteiger partial charge in [-0.3, -0.25) is 37.3 Å². The molecule has 0 saturated heterocycles. The molecule has 5 atom stereocenters. The van der Waals surface area contributed by atoms with Crippen LogP contribution in [-0.4, -0.2) is 96.7 Å². The average molecular weight is 1390 g/mol. The maximum Gasteiger partial charge on any atom is 0.472 e. The van der Waals surface area contributed by atoms with Gasteiger partial charge in [0.05, 0.1) is 32.8 Å². The third-order valence-corrected chi connectivity index (χ3v) is 17.1. The molecule has 0 radical (unpaired) electrons. The number of hydrogen-bond acceptors (Lipinski definition) is 15. The van der Waals surface area contributed by atoms with Crippen LogP contribution in [0.4, 0.5) is 0 Å². The molecule has 17 nitrogen and oxygen atoms in total. The number of aliphatic hydroxyl groups is 1. The van der Waals surface area contributed by atoms with E-state index in [9.17, 15) is 43.2 Å². The molecule has 0 amide bonds. The smallest absolute Gasteiger partial charge is 0.462 e. The normalized spacial score (nSPS) is 14.6. The molecule has 0 fully saturated rings. The quantitative estimate of drug-likeness (QED) is 0.0169. The highest BCUT2D eigenvalue weighted by Gasteiger charge is 2.30. The van der Waals surface area contributed by atoms with Crippen LogP contribution >= 0.6 is 15.6 Å². The van der Waals surface area contributed by atoms with Gasteiger partial charge in [0.1, 0.15) is 19.3 Å². The molecule has 96 heavy (non-hydrogen) atoms. The molecule has 19 heteroatoms. The van der Waals surface area contributed by atoms with Crippen LogP contribution in [0, 0.1) is 0 Å². The van der Waals surface area contributed by atoms with E-state index in [0.717, 1.165) is 154 Å². The van der Waals surface area contributed by atoms with Gasteiger partial charge in [-0.15, -0.1) is 0 Å². The van der Waals surface area contributed by atoms with E-state index in [1.807, 2.05) is 18.2 Å². The molecule has 0 aliphatic carbocycles. The van der Waals surface area contributed by atoms with E-state index < -0.39 is 97.5 Å². The number of ether oxygens (including phenoxy) is 4. The van der Waals surface area contributed by atoms with Crippen LogP contribution in [0.1, 0.15) is 297 Å². The number of hydrogen-bond donors (Lipinski definition) is 3. The Hall–Kier alpha value is -4.28. The fraction of sp³-hybridized carbons (Fsp3) is 0.714. The summed E-state index contributed by atoms with van der Waals surface area (Å²) >= 11 is 0. The number of allylic oxidation sites excluding steroid dienone is 17. The zero-order valence-corrected chi connectivity index (χ0v) is 61.8. The summed E-state index contributed by atoms with van der Waals surface area (Å²) in [5.41, 5.74) is 0. The second-order valence-electron chi connectivity index (χ2n) is 24.5. The maximum absolute atomic E-state index is 13.0. The van der Waals surface area contributed by atoms with E-state index in [0.29, 0.717) is 25.7 Å². The van der Waals surface area contributed by atoms with Crippen LogP contribution in [0.15, 0.2) is 109 Å². The van der Waals surface area contributed by atoms with Gasteiger partial charge in [-0.2, -0.15) is 0 Å². The number of carbonyl (C=O) groups is 4. The number of aliphatic hydroxyl groups excluding tert-OH is 1. The maximum atomic E-state index is 13.0. The first-order valence-corrected chi connectivity index (χ1v) is 40.1. The van der Waals surface area contributed by atoms with E-state index in [2.05, 4.69) is 113 Å². The molecule has 0 aliphatic rings. The lowest BCUT2D eigenvalue weighted by atomic mass is 10.1. The number of esters is 4. The van der Waals surface area contributed by atoms with E-state index in [1.54, 1.807) is 6.08 Å². The fourth-order valence-corrected chi connectivity index (χ4v) is 11.1. The summed E-state index contributed by atoms with van der Waals surface area (Å²) < 4.78 is 68.2. The summed E-state index contributed by atoms with van der Waals surface area (Å²) in [5, 5.41) is 10.6. The molecule has 0 rings (SSSR count). The van der Waals surface area contributed by atoms with Gasteiger partial charge < -0.3 is 33.8 Å². The third-order valence-electron chi connectivity index (χ3n) is 15.2. The minimum Gasteiger partial charge on any atom is -0.462 e. The molecule has 552 valence electrons. The average Bonchev–Trinajstić information content (AvgIpc) is 1.36. The summed E-state index contributed by atoms with van der Waals surface area (Å²) in [4.78, 5) is 72.7. The van der Waals surface area contributed by atoms with Gasteiger partial charge in [0.25, 0.3) is 0 Å². The molecular weight excluding hydrogens is 1260 g/mol. The van der Waals surface area contributed by atoms with Gasteiger partial charge in [0, 0.05) is 19.3 Å². The van der Waals surface area contributed by atoms with E-state index in [4.69, 9.17) is 37.0 Å². The van der Waals surface area contributed by atoms with E-state index >= 15 is 0 Å². The predicted molar refractivity (Wildman–Crippen MR) is 390 cm³/mol. The number of carbonyl (C=O) groups excluding carboxylic acids is 4. The van der Waals surface area contributed by atoms with Crippen LogP contribution in [0.25, 0.3) is 0 Å². The first kappa shape index (κ1) is 91.7. The minimum absolute atomic E-state index is 0.0645. The lowest BCUT2D eigenvalue weighted by Gasteiger charge is -2.21. The molecule has 0 heterocycles. The van der Waals surface area contributed by atoms with Crippen molar-refractivity contribution in [2.75, 3.05) is 39.6 Å². The number of phosphoric ester groups is 2. The van der Waals surface area contributed by atoms with Gasteiger partial charge in [0.2, 0.25) is 0 Å². The molecule has 0 aliphatic heterocycles. The zero-order chi connectivity index (χ0) is 70.4. The molecule has 0 aromatic heterocycles. The molecule has 0 spiro atoms. The summed E-state index contributed by atoms with van der Waals surface area (Å²) in [6, 6.07) is 0.